The van der Waals surface area contributed by atoms with Gasteiger partial charge >= 0.3 is 0 Å². The Hall–Kier alpha value is -0.580. The first-order valence-electron chi connectivity index (χ1n) is 8.06. The molecule has 0 saturated carbocycles. The SMILES string of the molecule is C[C@@H](N)c1ccc(N2CCC3C(CCCN3C)C2)cc1Br. The minimum Gasteiger partial charge on any atom is -0.371 e. The van der Waals surface area contributed by atoms with Gasteiger partial charge in [0.2, 0.25) is 0 Å². The number of likely N-dealkylation sites (tertiary alicyclic amines) is 1. The van der Waals surface area contributed by atoms with Crippen molar-refractivity contribution in [3.63, 3.8) is 0 Å². The monoisotopic (exact) mass is 351 g/mol. The Labute approximate surface area is 136 Å². The number of fused-ring (bicyclic) bond motifs is 1. The Balaban J connectivity index is 1.75. The lowest BCUT2D eigenvalue weighted by Gasteiger charge is -2.46. The van der Waals surface area contributed by atoms with Crippen LogP contribution >= 0.6 is 15.9 Å². The minimum absolute atomic E-state index is 0.0751. The van der Waals surface area contributed by atoms with Crippen LogP contribution in [-0.2, 0) is 0 Å². The summed E-state index contributed by atoms with van der Waals surface area (Å²) >= 11 is 3.68. The molecule has 0 radical (unpaired) electrons. The molecule has 1 aromatic rings. The van der Waals surface area contributed by atoms with Crippen LogP contribution in [0.3, 0.4) is 0 Å². The van der Waals surface area contributed by atoms with Crippen LogP contribution in [0, 0.1) is 5.92 Å². The first kappa shape index (κ1) is 15.3. The largest absolute Gasteiger partial charge is 0.371 e. The van der Waals surface area contributed by atoms with Crippen LogP contribution in [0.15, 0.2) is 22.7 Å². The predicted octanol–water partition coefficient (Wildman–Crippen LogP) is 3.39. The smallest absolute Gasteiger partial charge is 0.0377 e. The van der Waals surface area contributed by atoms with Gasteiger partial charge < -0.3 is 15.5 Å². The summed E-state index contributed by atoms with van der Waals surface area (Å²) in [7, 11) is 2.29. The van der Waals surface area contributed by atoms with Crippen molar-refractivity contribution >= 4 is 21.6 Å². The third-order valence-corrected chi connectivity index (χ3v) is 5.87. The van der Waals surface area contributed by atoms with E-state index in [9.17, 15) is 0 Å². The average molecular weight is 352 g/mol. The van der Waals surface area contributed by atoms with Gasteiger partial charge in [-0.1, -0.05) is 22.0 Å². The van der Waals surface area contributed by atoms with Crippen LogP contribution in [0.4, 0.5) is 5.69 Å². The third-order valence-electron chi connectivity index (χ3n) is 5.19. The summed E-state index contributed by atoms with van der Waals surface area (Å²) in [5.41, 5.74) is 8.51. The van der Waals surface area contributed by atoms with E-state index in [1.54, 1.807) is 0 Å². The van der Waals surface area contributed by atoms with Gasteiger partial charge in [-0.05, 0) is 63.4 Å². The molecule has 0 aromatic heterocycles. The number of hydrogen-bond donors (Lipinski definition) is 1. The van der Waals surface area contributed by atoms with Gasteiger partial charge in [0.1, 0.15) is 0 Å². The number of anilines is 1. The summed E-state index contributed by atoms with van der Waals surface area (Å²) in [5, 5.41) is 0. The maximum Gasteiger partial charge on any atom is 0.0377 e. The lowest BCUT2D eigenvalue weighted by molar-refractivity contribution is 0.102. The molecule has 0 spiro atoms. The van der Waals surface area contributed by atoms with Crippen LogP contribution in [0.25, 0.3) is 0 Å². The molecular formula is C17H26BrN3. The molecule has 2 unspecified atom stereocenters. The second-order valence-corrected chi connectivity index (χ2v) is 7.53. The molecule has 21 heavy (non-hydrogen) atoms. The second kappa shape index (κ2) is 6.27. The zero-order chi connectivity index (χ0) is 15.0. The number of rotatable bonds is 2. The Morgan fingerprint density at radius 2 is 2.10 bits per heavy atom. The molecule has 2 fully saturated rings. The fourth-order valence-corrected chi connectivity index (χ4v) is 4.70. The summed E-state index contributed by atoms with van der Waals surface area (Å²) in [5.74, 6) is 0.824. The Morgan fingerprint density at radius 1 is 1.29 bits per heavy atom. The van der Waals surface area contributed by atoms with Crippen molar-refractivity contribution in [2.75, 3.05) is 31.6 Å². The quantitative estimate of drug-likeness (QED) is 0.886. The van der Waals surface area contributed by atoms with Crippen LogP contribution in [0.1, 0.15) is 37.8 Å². The van der Waals surface area contributed by atoms with Gasteiger partial charge in [0.15, 0.2) is 0 Å². The molecule has 2 heterocycles. The van der Waals surface area contributed by atoms with E-state index in [4.69, 9.17) is 5.73 Å². The highest BCUT2D eigenvalue weighted by molar-refractivity contribution is 9.10. The van der Waals surface area contributed by atoms with Crippen LogP contribution in [0.5, 0.6) is 0 Å². The highest BCUT2D eigenvalue weighted by atomic mass is 79.9. The van der Waals surface area contributed by atoms with E-state index < -0.39 is 0 Å². The number of benzene rings is 1. The topological polar surface area (TPSA) is 32.5 Å². The molecule has 3 nitrogen and oxygen atoms in total. The Kier molecular flexibility index (Phi) is 4.57. The number of nitrogens with zero attached hydrogens (tertiary/aromatic N) is 2. The van der Waals surface area contributed by atoms with Crippen LogP contribution < -0.4 is 10.6 Å². The summed E-state index contributed by atoms with van der Waals surface area (Å²) in [6.07, 6.45) is 4.01. The molecule has 116 valence electrons. The van der Waals surface area contributed by atoms with Gasteiger partial charge in [-0.2, -0.15) is 0 Å². The minimum atomic E-state index is 0.0751. The van der Waals surface area contributed by atoms with Crippen molar-refractivity contribution in [3.8, 4) is 0 Å². The molecule has 0 bridgehead atoms. The molecule has 2 aliphatic heterocycles. The van der Waals surface area contributed by atoms with Crippen molar-refractivity contribution in [2.45, 2.75) is 38.3 Å². The number of nitrogens with two attached hydrogens (primary N) is 1. The van der Waals surface area contributed by atoms with Gasteiger partial charge in [-0.25, -0.2) is 0 Å². The predicted molar refractivity (Wildman–Crippen MR) is 92.7 cm³/mol. The van der Waals surface area contributed by atoms with Crippen LogP contribution in [0.2, 0.25) is 0 Å². The first-order chi connectivity index (χ1) is 10.1. The van der Waals surface area contributed by atoms with Crippen molar-refractivity contribution < 1.29 is 0 Å². The first-order valence-corrected chi connectivity index (χ1v) is 8.86. The highest BCUT2D eigenvalue weighted by Gasteiger charge is 2.34. The van der Waals surface area contributed by atoms with Gasteiger partial charge in [-0.15, -0.1) is 0 Å². The molecule has 2 aliphatic rings. The number of halogens is 1. The van der Waals surface area contributed by atoms with E-state index >= 15 is 0 Å². The summed E-state index contributed by atoms with van der Waals surface area (Å²) < 4.78 is 1.14. The van der Waals surface area contributed by atoms with Crippen molar-refractivity contribution in [3.05, 3.63) is 28.2 Å². The summed E-state index contributed by atoms with van der Waals surface area (Å²) in [6.45, 7) is 5.66. The molecule has 4 heteroatoms. The summed E-state index contributed by atoms with van der Waals surface area (Å²) in [4.78, 5) is 5.12. The maximum absolute atomic E-state index is 6.00. The molecule has 2 N–H and O–H groups in total. The molecule has 3 rings (SSSR count). The lowest BCUT2D eigenvalue weighted by Crippen LogP contribution is -2.52. The molecule has 2 saturated heterocycles. The van der Waals surface area contributed by atoms with Gasteiger partial charge in [0.25, 0.3) is 0 Å². The van der Waals surface area contributed by atoms with Crippen molar-refractivity contribution in [1.29, 1.82) is 0 Å². The van der Waals surface area contributed by atoms with E-state index in [1.807, 2.05) is 6.92 Å². The normalized spacial score (nSPS) is 28.3. The fourth-order valence-electron chi connectivity index (χ4n) is 3.97. The Morgan fingerprint density at radius 3 is 2.81 bits per heavy atom. The zero-order valence-electron chi connectivity index (χ0n) is 13.1. The van der Waals surface area contributed by atoms with E-state index in [0.29, 0.717) is 0 Å². The number of hydrogen-bond acceptors (Lipinski definition) is 3. The standard InChI is InChI=1S/C17H26BrN3/c1-12(19)15-6-5-14(10-16(15)18)21-9-7-17-13(11-21)4-3-8-20(17)2/h5-6,10,12-13,17H,3-4,7-9,11,19H2,1-2H3/t12-,13?,17?/m1/s1. The van der Waals surface area contributed by atoms with E-state index in [-0.39, 0.29) is 6.04 Å². The van der Waals surface area contributed by atoms with Gasteiger partial charge in [-0.3, -0.25) is 0 Å². The average Bonchev–Trinajstić information content (AvgIpc) is 2.46. The molecule has 0 aliphatic carbocycles. The molecule has 1 aromatic carbocycles. The zero-order valence-corrected chi connectivity index (χ0v) is 14.6. The van der Waals surface area contributed by atoms with Crippen molar-refractivity contribution in [1.82, 2.24) is 4.90 Å². The van der Waals surface area contributed by atoms with Crippen molar-refractivity contribution in [2.24, 2.45) is 11.7 Å². The third kappa shape index (κ3) is 3.13. The van der Waals surface area contributed by atoms with Crippen LogP contribution in [-0.4, -0.2) is 37.6 Å². The maximum atomic E-state index is 6.00. The lowest BCUT2D eigenvalue weighted by atomic mass is 9.84. The molecule has 3 atom stereocenters. The van der Waals surface area contributed by atoms with E-state index in [2.05, 4.69) is 51.0 Å². The molecular weight excluding hydrogens is 326 g/mol. The fraction of sp³-hybridized carbons (Fsp3) is 0.647. The number of piperidine rings is 2. The van der Waals surface area contributed by atoms with E-state index in [1.165, 1.54) is 43.6 Å². The molecule has 0 amide bonds. The highest BCUT2D eigenvalue weighted by Crippen LogP contribution is 2.34. The van der Waals surface area contributed by atoms with Gasteiger partial charge in [0, 0.05) is 35.3 Å². The Bertz CT molecular complexity index is 503. The summed E-state index contributed by atoms with van der Waals surface area (Å²) in [6, 6.07) is 7.51. The van der Waals surface area contributed by atoms with Gasteiger partial charge in [0.05, 0.1) is 0 Å². The second-order valence-electron chi connectivity index (χ2n) is 6.68. The van der Waals surface area contributed by atoms with E-state index in [0.717, 1.165) is 23.0 Å².